The van der Waals surface area contributed by atoms with Crippen LogP contribution in [0.4, 0.5) is 5.69 Å². The second kappa shape index (κ2) is 6.67. The maximum atomic E-state index is 12.6. The molecule has 0 amide bonds. The Morgan fingerprint density at radius 1 is 1.08 bits per heavy atom. The first kappa shape index (κ1) is 17.4. The third kappa shape index (κ3) is 3.51. The molecule has 0 aliphatic heterocycles. The van der Waals surface area contributed by atoms with Crippen molar-refractivity contribution < 1.29 is 32.9 Å². The number of methoxy groups -OCH3 is 2. The summed E-state index contributed by atoms with van der Waals surface area (Å²) in [7, 11) is -1.47. The van der Waals surface area contributed by atoms with Gasteiger partial charge in [-0.3, -0.25) is 4.72 Å². The van der Waals surface area contributed by atoms with Gasteiger partial charge in [-0.05, 0) is 30.3 Å². The highest BCUT2D eigenvalue weighted by molar-refractivity contribution is 7.92. The highest BCUT2D eigenvalue weighted by Gasteiger charge is 2.22. The number of sulfonamides is 1. The zero-order chi connectivity index (χ0) is 17.9. The fourth-order valence-corrected chi connectivity index (χ4v) is 3.20. The lowest BCUT2D eigenvalue weighted by atomic mass is 10.2. The van der Waals surface area contributed by atoms with E-state index in [0.29, 0.717) is 5.75 Å². The maximum absolute atomic E-state index is 12.6. The Kier molecular flexibility index (Phi) is 4.84. The molecule has 9 heteroatoms. The second-order valence-electron chi connectivity index (χ2n) is 4.66. The van der Waals surface area contributed by atoms with Crippen LogP contribution in [0.5, 0.6) is 17.2 Å². The Balaban J connectivity index is 2.49. The summed E-state index contributed by atoms with van der Waals surface area (Å²) >= 11 is 0. The van der Waals surface area contributed by atoms with Crippen LogP contribution in [0.2, 0.25) is 0 Å². The molecule has 0 fully saturated rings. The third-order valence-electron chi connectivity index (χ3n) is 3.15. The van der Waals surface area contributed by atoms with Crippen LogP contribution in [-0.2, 0) is 10.0 Å². The van der Waals surface area contributed by atoms with Gasteiger partial charge in [-0.15, -0.1) is 0 Å². The van der Waals surface area contributed by atoms with E-state index in [1.165, 1.54) is 32.4 Å². The molecule has 0 bridgehead atoms. The molecule has 24 heavy (non-hydrogen) atoms. The van der Waals surface area contributed by atoms with Crippen molar-refractivity contribution >= 4 is 21.7 Å². The zero-order valence-electron chi connectivity index (χ0n) is 12.8. The molecule has 0 aromatic heterocycles. The van der Waals surface area contributed by atoms with E-state index in [4.69, 9.17) is 14.6 Å². The van der Waals surface area contributed by atoms with E-state index in [0.717, 1.165) is 18.2 Å². The lowest BCUT2D eigenvalue weighted by molar-refractivity contribution is 0.0697. The highest BCUT2D eigenvalue weighted by atomic mass is 32.2. The Hall–Kier alpha value is -2.94. The molecule has 2 aromatic carbocycles. The normalized spacial score (nSPS) is 10.9. The van der Waals surface area contributed by atoms with Crippen molar-refractivity contribution in [1.29, 1.82) is 0 Å². The molecule has 0 unspecified atom stereocenters. The van der Waals surface area contributed by atoms with E-state index in [9.17, 15) is 18.3 Å². The van der Waals surface area contributed by atoms with Gasteiger partial charge >= 0.3 is 5.97 Å². The molecular formula is C15H15NO7S. The lowest BCUT2D eigenvalue weighted by Crippen LogP contribution is -2.15. The number of nitrogens with one attached hydrogen (secondary N) is 1. The van der Waals surface area contributed by atoms with Crippen molar-refractivity contribution in [3.8, 4) is 17.2 Å². The van der Waals surface area contributed by atoms with E-state index in [2.05, 4.69) is 4.72 Å². The monoisotopic (exact) mass is 353 g/mol. The van der Waals surface area contributed by atoms with Crippen LogP contribution in [0, 0.1) is 0 Å². The number of rotatable bonds is 6. The molecule has 2 aromatic rings. The first-order valence-electron chi connectivity index (χ1n) is 6.59. The second-order valence-corrected chi connectivity index (χ2v) is 6.31. The molecule has 0 saturated carbocycles. The molecule has 3 N–H and O–H groups in total. The van der Waals surface area contributed by atoms with Gasteiger partial charge in [0.1, 0.15) is 22.1 Å². The van der Waals surface area contributed by atoms with Gasteiger partial charge < -0.3 is 19.7 Å². The van der Waals surface area contributed by atoms with Crippen molar-refractivity contribution in [1.82, 2.24) is 0 Å². The fraction of sp³-hybridized carbons (Fsp3) is 0.133. The van der Waals surface area contributed by atoms with E-state index in [-0.39, 0.29) is 21.9 Å². The zero-order valence-corrected chi connectivity index (χ0v) is 13.6. The average molecular weight is 353 g/mol. The molecule has 0 saturated heterocycles. The Bertz CT molecular complexity index is 877. The molecule has 128 valence electrons. The number of carboxylic acid groups (broad SMARTS) is 1. The summed E-state index contributed by atoms with van der Waals surface area (Å²) in [5, 5.41) is 18.7. The summed E-state index contributed by atoms with van der Waals surface area (Å²) < 4.78 is 37.3. The van der Waals surface area contributed by atoms with Gasteiger partial charge in [0, 0.05) is 6.07 Å². The lowest BCUT2D eigenvalue weighted by Gasteiger charge is -2.14. The van der Waals surface area contributed by atoms with Gasteiger partial charge in [0.05, 0.1) is 25.5 Å². The minimum absolute atomic E-state index is 0.0668. The van der Waals surface area contributed by atoms with Gasteiger partial charge in [-0.2, -0.15) is 0 Å². The van der Waals surface area contributed by atoms with Crippen LogP contribution in [0.15, 0.2) is 41.3 Å². The summed E-state index contributed by atoms with van der Waals surface area (Å²) in [5.74, 6) is -1.31. The van der Waals surface area contributed by atoms with Crippen molar-refractivity contribution in [3.05, 3.63) is 42.0 Å². The number of carboxylic acids is 1. The molecule has 0 radical (unpaired) electrons. The first-order valence-corrected chi connectivity index (χ1v) is 8.08. The smallest absolute Gasteiger partial charge is 0.335 e. The van der Waals surface area contributed by atoms with Crippen LogP contribution in [0.3, 0.4) is 0 Å². The number of aromatic hydroxyl groups is 1. The minimum Gasteiger partial charge on any atom is -0.506 e. The Morgan fingerprint density at radius 2 is 1.79 bits per heavy atom. The van der Waals surface area contributed by atoms with E-state index in [1.54, 1.807) is 0 Å². The van der Waals surface area contributed by atoms with Crippen LogP contribution < -0.4 is 14.2 Å². The SMILES string of the molecule is COc1ccc(OC)c(S(=O)(=O)Nc2cc(C(=O)O)ccc2O)c1. The van der Waals surface area contributed by atoms with Crippen molar-refractivity contribution in [2.75, 3.05) is 18.9 Å². The Morgan fingerprint density at radius 3 is 2.38 bits per heavy atom. The van der Waals surface area contributed by atoms with E-state index < -0.39 is 21.7 Å². The quantitative estimate of drug-likeness (QED) is 0.678. The number of benzene rings is 2. The number of carbonyl (C=O) groups is 1. The molecule has 0 spiro atoms. The summed E-state index contributed by atoms with van der Waals surface area (Å²) in [4.78, 5) is 10.8. The maximum Gasteiger partial charge on any atom is 0.335 e. The Labute approximate surface area is 138 Å². The summed E-state index contributed by atoms with van der Waals surface area (Å²) in [5.41, 5.74) is -0.442. The number of phenols is 1. The predicted octanol–water partition coefficient (Wildman–Crippen LogP) is 1.91. The summed E-state index contributed by atoms with van der Waals surface area (Å²) in [6, 6.07) is 7.45. The van der Waals surface area contributed by atoms with Gasteiger partial charge in [0.15, 0.2) is 0 Å². The van der Waals surface area contributed by atoms with Crippen LogP contribution >= 0.6 is 0 Å². The molecule has 0 atom stereocenters. The number of ether oxygens (including phenoxy) is 2. The standard InChI is InChI=1S/C15H15NO7S/c1-22-10-4-6-13(23-2)14(8-10)24(20,21)16-11-7-9(15(18)19)3-5-12(11)17/h3-8,16-17H,1-2H3,(H,18,19). The number of aromatic carboxylic acids is 1. The van der Waals surface area contributed by atoms with Crippen molar-refractivity contribution in [2.24, 2.45) is 0 Å². The average Bonchev–Trinajstić information content (AvgIpc) is 2.55. The van der Waals surface area contributed by atoms with Crippen molar-refractivity contribution in [2.45, 2.75) is 4.90 Å². The van der Waals surface area contributed by atoms with Crippen LogP contribution in [0.25, 0.3) is 0 Å². The van der Waals surface area contributed by atoms with Gasteiger partial charge in [-0.1, -0.05) is 0 Å². The highest BCUT2D eigenvalue weighted by Crippen LogP contribution is 2.32. The first-order chi connectivity index (χ1) is 11.3. The number of hydrogen-bond donors (Lipinski definition) is 3. The van der Waals surface area contributed by atoms with E-state index >= 15 is 0 Å². The van der Waals surface area contributed by atoms with Gasteiger partial charge in [-0.25, -0.2) is 13.2 Å². The molecule has 0 aliphatic carbocycles. The van der Waals surface area contributed by atoms with Crippen LogP contribution in [0.1, 0.15) is 10.4 Å². The minimum atomic E-state index is -4.16. The summed E-state index contributed by atoms with van der Waals surface area (Å²) in [6.45, 7) is 0. The molecule has 8 nitrogen and oxygen atoms in total. The molecular weight excluding hydrogens is 338 g/mol. The largest absolute Gasteiger partial charge is 0.506 e. The fourth-order valence-electron chi connectivity index (χ4n) is 1.94. The topological polar surface area (TPSA) is 122 Å². The van der Waals surface area contributed by atoms with Gasteiger partial charge in [0.2, 0.25) is 0 Å². The molecule has 2 rings (SSSR count). The molecule has 0 aliphatic rings. The predicted molar refractivity (Wildman–Crippen MR) is 85.4 cm³/mol. The third-order valence-corrected chi connectivity index (χ3v) is 4.53. The summed E-state index contributed by atoms with van der Waals surface area (Å²) in [6.07, 6.45) is 0. The number of phenolic OH excluding ortho intramolecular Hbond substituents is 1. The number of anilines is 1. The van der Waals surface area contributed by atoms with Crippen LogP contribution in [-0.4, -0.2) is 38.8 Å². The van der Waals surface area contributed by atoms with Crippen molar-refractivity contribution in [3.63, 3.8) is 0 Å². The van der Waals surface area contributed by atoms with E-state index in [1.807, 2.05) is 0 Å². The molecule has 0 heterocycles. The number of hydrogen-bond acceptors (Lipinski definition) is 6. The van der Waals surface area contributed by atoms with Gasteiger partial charge in [0.25, 0.3) is 10.0 Å².